The van der Waals surface area contributed by atoms with Gasteiger partial charge < -0.3 is 21.3 Å². The minimum atomic E-state index is 0.433. The summed E-state index contributed by atoms with van der Waals surface area (Å²) in [7, 11) is 0. The van der Waals surface area contributed by atoms with Crippen molar-refractivity contribution in [3.05, 3.63) is 84.6 Å². The van der Waals surface area contributed by atoms with Crippen molar-refractivity contribution in [3.8, 4) is 28.7 Å². The predicted octanol–water partition coefficient (Wildman–Crippen LogP) is 3.09. The van der Waals surface area contributed by atoms with Crippen LogP contribution in [0.1, 0.15) is 17.5 Å². The number of rotatable bonds is 4. The van der Waals surface area contributed by atoms with Crippen LogP contribution in [0.25, 0.3) is 39.8 Å². The van der Waals surface area contributed by atoms with Gasteiger partial charge >= 0.3 is 0 Å². The Kier molecular flexibility index (Phi) is 6.10. The van der Waals surface area contributed by atoms with Crippen LogP contribution in [0.5, 0.6) is 0 Å². The first kappa shape index (κ1) is 22.1. The highest BCUT2D eigenvalue weighted by Gasteiger charge is 2.20. The molecule has 0 saturated heterocycles. The number of nitrogens with two attached hydrogens (primary N) is 3. The largest absolute Gasteiger partial charge is 0.443 e. The van der Waals surface area contributed by atoms with E-state index in [1.165, 1.54) is 29.9 Å². The molecule has 1 aliphatic carbocycles. The van der Waals surface area contributed by atoms with Crippen molar-refractivity contribution in [2.45, 2.75) is 19.3 Å². The number of benzene rings is 1. The molecule has 35 heavy (non-hydrogen) atoms. The Bertz CT molecular complexity index is 1490. The van der Waals surface area contributed by atoms with Crippen LogP contribution >= 0.6 is 0 Å². The molecule has 10 nitrogen and oxygen atoms in total. The summed E-state index contributed by atoms with van der Waals surface area (Å²) in [6, 6.07) is 14.2. The number of fused-ring (bicyclic) bond motifs is 2. The molecule has 0 unspecified atom stereocenters. The van der Waals surface area contributed by atoms with E-state index in [4.69, 9.17) is 31.7 Å². The van der Waals surface area contributed by atoms with Crippen molar-refractivity contribution < 1.29 is 4.42 Å². The van der Waals surface area contributed by atoms with Gasteiger partial charge in [-0.15, -0.1) is 0 Å². The molecule has 4 heterocycles. The van der Waals surface area contributed by atoms with E-state index < -0.39 is 0 Å². The number of aromatic nitrogens is 5. The first-order valence-corrected chi connectivity index (χ1v) is 11.1. The lowest BCUT2D eigenvalue weighted by Gasteiger charge is -2.12. The number of nitrogens with one attached hydrogen (secondary N) is 1. The molecule has 6 rings (SSSR count). The number of nitrogen functional groups attached to an aromatic ring is 1. The minimum absolute atomic E-state index is 0.433. The Balaban J connectivity index is 0.000000464. The molecule has 1 aromatic carbocycles. The topological polar surface area (TPSA) is 160 Å². The van der Waals surface area contributed by atoms with Crippen molar-refractivity contribution in [3.63, 3.8) is 0 Å². The van der Waals surface area contributed by atoms with Gasteiger partial charge in [-0.3, -0.25) is 10.4 Å². The van der Waals surface area contributed by atoms with Crippen molar-refractivity contribution >= 4 is 17.0 Å². The van der Waals surface area contributed by atoms with E-state index in [0.29, 0.717) is 23.2 Å². The Labute approximate surface area is 201 Å². The van der Waals surface area contributed by atoms with Crippen LogP contribution in [0, 0.1) is 0 Å². The highest BCUT2D eigenvalue weighted by molar-refractivity contribution is 5.84. The summed E-state index contributed by atoms with van der Waals surface area (Å²) >= 11 is 0. The molecule has 0 fully saturated rings. The van der Waals surface area contributed by atoms with Gasteiger partial charge in [0.05, 0.1) is 11.8 Å². The first-order valence-electron chi connectivity index (χ1n) is 11.1. The molecule has 7 N–H and O–H groups in total. The molecule has 1 aliphatic rings. The Morgan fingerprint density at radius 3 is 2.63 bits per heavy atom. The van der Waals surface area contributed by atoms with E-state index in [1.54, 1.807) is 18.7 Å². The number of aryl methyl sites for hydroxylation is 2. The highest BCUT2D eigenvalue weighted by atomic mass is 16.3. The van der Waals surface area contributed by atoms with Crippen molar-refractivity contribution in [2.24, 2.45) is 11.6 Å². The molecule has 0 atom stereocenters. The molecule has 0 saturated carbocycles. The van der Waals surface area contributed by atoms with Gasteiger partial charge in [0.15, 0.2) is 11.5 Å². The standard InChI is InChI=1S/C23H18N6O.C2H7N3/c24-20-17(5-2-10-25-20)21-27-18-8-9-19(23-26-11-12-30-23)28-22(18)29(21)16-7-6-14-3-1-4-15(14)13-16;3-1-2-5-4/h2,5-13H,1,3-4H2,(H2,24,25);1-2,5H,3-4H2/b;2-1-. The van der Waals surface area contributed by atoms with Gasteiger partial charge in [0.1, 0.15) is 23.3 Å². The number of hydrogen-bond acceptors (Lipinski definition) is 9. The van der Waals surface area contributed by atoms with Crippen molar-refractivity contribution in [1.29, 1.82) is 0 Å². The Hall–Kier alpha value is -4.70. The number of anilines is 1. The van der Waals surface area contributed by atoms with Crippen LogP contribution in [0.4, 0.5) is 5.82 Å². The second-order valence-corrected chi connectivity index (χ2v) is 7.92. The number of hydrazine groups is 1. The summed E-state index contributed by atoms with van der Waals surface area (Å²) in [6.45, 7) is 0. The summed E-state index contributed by atoms with van der Waals surface area (Å²) in [5.74, 6) is 6.34. The zero-order valence-corrected chi connectivity index (χ0v) is 18.9. The summed E-state index contributed by atoms with van der Waals surface area (Å²) in [6.07, 6.45) is 11.0. The number of imidazole rings is 1. The second-order valence-electron chi connectivity index (χ2n) is 7.92. The molecule has 0 bridgehead atoms. The van der Waals surface area contributed by atoms with Crippen LogP contribution < -0.4 is 22.7 Å². The maximum Gasteiger partial charge on any atom is 0.245 e. The lowest BCUT2D eigenvalue weighted by atomic mass is 10.1. The third-order valence-corrected chi connectivity index (χ3v) is 5.77. The fourth-order valence-electron chi connectivity index (χ4n) is 4.21. The smallest absolute Gasteiger partial charge is 0.245 e. The van der Waals surface area contributed by atoms with Crippen LogP contribution in [-0.2, 0) is 12.8 Å². The molecule has 0 aliphatic heterocycles. The van der Waals surface area contributed by atoms with Crippen LogP contribution in [0.2, 0.25) is 0 Å². The summed E-state index contributed by atoms with van der Waals surface area (Å²) in [5.41, 5.74) is 20.0. The third kappa shape index (κ3) is 4.30. The summed E-state index contributed by atoms with van der Waals surface area (Å²) in [5, 5.41) is 0. The number of oxazole rings is 1. The average molecular weight is 468 g/mol. The molecule has 4 aromatic heterocycles. The molecular weight excluding hydrogens is 442 g/mol. The quantitative estimate of drug-likeness (QED) is 0.230. The fourth-order valence-corrected chi connectivity index (χ4v) is 4.21. The van der Waals surface area contributed by atoms with Crippen molar-refractivity contribution in [2.75, 3.05) is 5.73 Å². The maximum atomic E-state index is 6.21. The van der Waals surface area contributed by atoms with E-state index in [2.05, 4.69) is 33.6 Å². The van der Waals surface area contributed by atoms with Crippen LogP contribution in [-0.4, -0.2) is 24.5 Å². The lowest BCUT2D eigenvalue weighted by Crippen LogP contribution is -2.13. The number of hydrogen-bond donors (Lipinski definition) is 4. The Morgan fingerprint density at radius 2 is 1.89 bits per heavy atom. The maximum absolute atomic E-state index is 6.21. The van der Waals surface area contributed by atoms with Crippen LogP contribution in [0.3, 0.4) is 0 Å². The molecule has 0 radical (unpaired) electrons. The molecule has 176 valence electrons. The second kappa shape index (κ2) is 9.65. The van der Waals surface area contributed by atoms with Gasteiger partial charge in [0.2, 0.25) is 5.89 Å². The molecular formula is C25H25N9O. The van der Waals surface area contributed by atoms with Gasteiger partial charge in [0, 0.05) is 24.3 Å². The van der Waals surface area contributed by atoms with Crippen LogP contribution in [0.15, 0.2) is 77.9 Å². The summed E-state index contributed by atoms with van der Waals surface area (Å²) < 4.78 is 7.50. The zero-order valence-electron chi connectivity index (χ0n) is 18.9. The zero-order chi connectivity index (χ0) is 24.2. The van der Waals surface area contributed by atoms with E-state index >= 15 is 0 Å². The van der Waals surface area contributed by atoms with E-state index in [0.717, 1.165) is 35.3 Å². The van der Waals surface area contributed by atoms with E-state index in [1.807, 2.05) is 28.8 Å². The third-order valence-electron chi connectivity index (χ3n) is 5.77. The monoisotopic (exact) mass is 467 g/mol. The summed E-state index contributed by atoms with van der Waals surface area (Å²) in [4.78, 5) is 18.2. The molecule has 10 heteroatoms. The van der Waals surface area contributed by atoms with Gasteiger partial charge in [-0.05, 0) is 66.8 Å². The fraction of sp³-hybridized carbons (Fsp3) is 0.120. The lowest BCUT2D eigenvalue weighted by molar-refractivity contribution is 0.572. The molecule has 0 amide bonds. The van der Waals surface area contributed by atoms with Gasteiger partial charge in [-0.2, -0.15) is 0 Å². The van der Waals surface area contributed by atoms with Crippen molar-refractivity contribution in [1.82, 2.24) is 29.9 Å². The van der Waals surface area contributed by atoms with Gasteiger partial charge in [-0.25, -0.2) is 19.9 Å². The van der Waals surface area contributed by atoms with E-state index in [-0.39, 0.29) is 0 Å². The number of nitrogens with zero attached hydrogens (tertiary/aromatic N) is 5. The highest BCUT2D eigenvalue weighted by Crippen LogP contribution is 2.33. The molecule has 0 spiro atoms. The first-order chi connectivity index (χ1) is 17.2. The van der Waals surface area contributed by atoms with Gasteiger partial charge in [-0.1, -0.05) is 6.07 Å². The number of pyridine rings is 2. The minimum Gasteiger partial charge on any atom is -0.443 e. The molecule has 5 aromatic rings. The predicted molar refractivity (Wildman–Crippen MR) is 135 cm³/mol. The van der Waals surface area contributed by atoms with Gasteiger partial charge in [0.25, 0.3) is 0 Å². The Morgan fingerprint density at radius 1 is 1.00 bits per heavy atom. The SMILES string of the molecule is N/C=C\NN.Nc1ncccc1-c1nc2ccc(-c3ncco3)nc2n1-c1ccc2c(c1)CCC2. The van der Waals surface area contributed by atoms with E-state index in [9.17, 15) is 0 Å². The average Bonchev–Trinajstić information content (AvgIpc) is 3.64. The normalized spacial score (nSPS) is 12.5.